The van der Waals surface area contributed by atoms with E-state index in [1.807, 2.05) is 17.9 Å². The molecular formula is C13H17N3O. The maximum atomic E-state index is 12.1. The van der Waals surface area contributed by atoms with Gasteiger partial charge in [0, 0.05) is 25.5 Å². The molecule has 2 heterocycles. The highest BCUT2D eigenvalue weighted by molar-refractivity contribution is 5.94. The van der Waals surface area contributed by atoms with Gasteiger partial charge in [-0.15, -0.1) is 0 Å². The van der Waals surface area contributed by atoms with E-state index in [2.05, 4.69) is 4.98 Å². The SMILES string of the molecule is Cc1cncc(C(=O)N2CC(N)(C3CC3)C2)c1. The highest BCUT2D eigenvalue weighted by Crippen LogP contribution is 2.43. The third kappa shape index (κ3) is 1.82. The lowest BCUT2D eigenvalue weighted by molar-refractivity contribution is 0.0350. The summed E-state index contributed by atoms with van der Waals surface area (Å²) in [6, 6.07) is 1.88. The molecule has 0 spiro atoms. The Kier molecular flexibility index (Phi) is 2.23. The summed E-state index contributed by atoms with van der Waals surface area (Å²) < 4.78 is 0. The Balaban J connectivity index is 1.69. The van der Waals surface area contributed by atoms with E-state index in [-0.39, 0.29) is 11.4 Å². The molecule has 1 saturated carbocycles. The molecule has 0 bridgehead atoms. The smallest absolute Gasteiger partial charge is 0.255 e. The van der Waals surface area contributed by atoms with Crippen molar-refractivity contribution in [3.8, 4) is 0 Å². The van der Waals surface area contributed by atoms with Gasteiger partial charge in [0.2, 0.25) is 0 Å². The summed E-state index contributed by atoms with van der Waals surface area (Å²) in [7, 11) is 0. The Morgan fingerprint density at radius 3 is 2.76 bits per heavy atom. The molecule has 0 radical (unpaired) electrons. The highest BCUT2D eigenvalue weighted by atomic mass is 16.2. The Labute approximate surface area is 101 Å². The van der Waals surface area contributed by atoms with E-state index in [0.717, 1.165) is 5.56 Å². The van der Waals surface area contributed by atoms with E-state index in [1.165, 1.54) is 12.8 Å². The lowest BCUT2D eigenvalue weighted by atomic mass is 9.85. The molecule has 0 unspecified atom stereocenters. The van der Waals surface area contributed by atoms with E-state index >= 15 is 0 Å². The van der Waals surface area contributed by atoms with Gasteiger partial charge in [-0.25, -0.2) is 0 Å². The molecule has 2 aliphatic rings. The molecule has 3 rings (SSSR count). The summed E-state index contributed by atoms with van der Waals surface area (Å²) in [5.74, 6) is 0.699. The average molecular weight is 231 g/mol. The predicted molar refractivity (Wildman–Crippen MR) is 64.5 cm³/mol. The van der Waals surface area contributed by atoms with Gasteiger partial charge >= 0.3 is 0 Å². The number of hydrogen-bond acceptors (Lipinski definition) is 3. The van der Waals surface area contributed by atoms with Gasteiger partial charge in [-0.3, -0.25) is 9.78 Å². The number of carbonyl (C=O) groups is 1. The van der Waals surface area contributed by atoms with Crippen LogP contribution in [0.2, 0.25) is 0 Å². The number of aryl methyl sites for hydroxylation is 1. The van der Waals surface area contributed by atoms with Gasteiger partial charge in [0.05, 0.1) is 11.1 Å². The van der Waals surface area contributed by atoms with Crippen LogP contribution in [-0.4, -0.2) is 34.4 Å². The summed E-state index contributed by atoms with van der Waals surface area (Å²) in [6.45, 7) is 3.34. The molecule has 1 saturated heterocycles. The molecule has 1 aliphatic heterocycles. The van der Waals surface area contributed by atoms with Crippen molar-refractivity contribution in [2.24, 2.45) is 11.7 Å². The summed E-state index contributed by atoms with van der Waals surface area (Å²) in [4.78, 5) is 18.0. The topological polar surface area (TPSA) is 59.2 Å². The predicted octanol–water partition coefficient (Wildman–Crippen LogP) is 0.953. The zero-order valence-electron chi connectivity index (χ0n) is 10.0. The van der Waals surface area contributed by atoms with Gasteiger partial charge in [0.25, 0.3) is 5.91 Å². The molecule has 17 heavy (non-hydrogen) atoms. The molecule has 0 aromatic carbocycles. The van der Waals surface area contributed by atoms with Crippen LogP contribution in [0.25, 0.3) is 0 Å². The van der Waals surface area contributed by atoms with Crippen LogP contribution in [0, 0.1) is 12.8 Å². The van der Waals surface area contributed by atoms with Crippen LogP contribution in [0.5, 0.6) is 0 Å². The first-order valence-corrected chi connectivity index (χ1v) is 6.08. The normalized spacial score (nSPS) is 22.1. The Hall–Kier alpha value is -1.42. The second-order valence-electron chi connectivity index (χ2n) is 5.42. The number of likely N-dealkylation sites (tertiary alicyclic amines) is 1. The molecule has 2 fully saturated rings. The lowest BCUT2D eigenvalue weighted by Crippen LogP contribution is -2.69. The van der Waals surface area contributed by atoms with Crippen molar-refractivity contribution in [1.82, 2.24) is 9.88 Å². The zero-order chi connectivity index (χ0) is 12.0. The first kappa shape index (κ1) is 10.7. The number of nitrogens with two attached hydrogens (primary N) is 1. The summed E-state index contributed by atoms with van der Waals surface area (Å²) in [5, 5.41) is 0. The van der Waals surface area contributed by atoms with Crippen LogP contribution in [0.4, 0.5) is 0 Å². The van der Waals surface area contributed by atoms with Gasteiger partial charge in [-0.1, -0.05) is 0 Å². The van der Waals surface area contributed by atoms with Crippen LogP contribution in [0.1, 0.15) is 28.8 Å². The largest absolute Gasteiger partial charge is 0.335 e. The third-order valence-corrected chi connectivity index (χ3v) is 3.77. The monoisotopic (exact) mass is 231 g/mol. The van der Waals surface area contributed by atoms with E-state index in [9.17, 15) is 4.79 Å². The summed E-state index contributed by atoms with van der Waals surface area (Å²) in [5.41, 5.74) is 7.81. The van der Waals surface area contributed by atoms with Crippen molar-refractivity contribution < 1.29 is 4.79 Å². The summed E-state index contributed by atoms with van der Waals surface area (Å²) >= 11 is 0. The average Bonchev–Trinajstić information content (AvgIpc) is 3.08. The van der Waals surface area contributed by atoms with Crippen molar-refractivity contribution >= 4 is 5.91 Å². The van der Waals surface area contributed by atoms with Crippen LogP contribution >= 0.6 is 0 Å². The van der Waals surface area contributed by atoms with Gasteiger partial charge in [-0.05, 0) is 37.3 Å². The van der Waals surface area contributed by atoms with Crippen molar-refractivity contribution in [2.45, 2.75) is 25.3 Å². The van der Waals surface area contributed by atoms with Gasteiger partial charge in [0.15, 0.2) is 0 Å². The van der Waals surface area contributed by atoms with Crippen LogP contribution in [-0.2, 0) is 0 Å². The first-order chi connectivity index (χ1) is 8.08. The van der Waals surface area contributed by atoms with Gasteiger partial charge < -0.3 is 10.6 Å². The maximum Gasteiger partial charge on any atom is 0.255 e. The van der Waals surface area contributed by atoms with Crippen molar-refractivity contribution in [1.29, 1.82) is 0 Å². The van der Waals surface area contributed by atoms with Crippen molar-refractivity contribution in [3.05, 3.63) is 29.6 Å². The number of aromatic nitrogens is 1. The number of nitrogens with zero attached hydrogens (tertiary/aromatic N) is 2. The molecule has 0 atom stereocenters. The number of hydrogen-bond donors (Lipinski definition) is 1. The molecule has 2 N–H and O–H groups in total. The lowest BCUT2D eigenvalue weighted by Gasteiger charge is -2.48. The molecule has 1 aromatic rings. The Morgan fingerprint density at radius 2 is 2.18 bits per heavy atom. The standard InChI is InChI=1S/C13H17N3O/c1-9-4-10(6-15-5-9)12(17)16-7-13(14,8-16)11-2-3-11/h4-6,11H,2-3,7-8,14H2,1H3. The minimum absolute atomic E-state index is 0.0583. The highest BCUT2D eigenvalue weighted by Gasteiger charge is 2.51. The number of rotatable bonds is 2. The minimum atomic E-state index is -0.104. The molecule has 1 aliphatic carbocycles. The van der Waals surface area contributed by atoms with E-state index in [1.54, 1.807) is 12.4 Å². The molecule has 4 nitrogen and oxygen atoms in total. The first-order valence-electron chi connectivity index (χ1n) is 6.08. The zero-order valence-corrected chi connectivity index (χ0v) is 10.0. The molecule has 1 amide bonds. The fourth-order valence-electron chi connectivity index (χ4n) is 2.58. The second kappa shape index (κ2) is 3.53. The summed E-state index contributed by atoms with van der Waals surface area (Å²) in [6.07, 6.45) is 5.84. The van der Waals surface area contributed by atoms with E-state index in [0.29, 0.717) is 24.6 Å². The third-order valence-electron chi connectivity index (χ3n) is 3.77. The number of amides is 1. The van der Waals surface area contributed by atoms with Crippen LogP contribution in [0.15, 0.2) is 18.5 Å². The quantitative estimate of drug-likeness (QED) is 0.824. The molecular weight excluding hydrogens is 214 g/mol. The Bertz CT molecular complexity index is 461. The minimum Gasteiger partial charge on any atom is -0.335 e. The fourth-order valence-corrected chi connectivity index (χ4v) is 2.58. The molecule has 1 aromatic heterocycles. The van der Waals surface area contributed by atoms with E-state index < -0.39 is 0 Å². The molecule has 90 valence electrons. The number of pyridine rings is 1. The fraction of sp³-hybridized carbons (Fsp3) is 0.538. The molecule has 4 heteroatoms. The number of carbonyl (C=O) groups excluding carboxylic acids is 1. The maximum absolute atomic E-state index is 12.1. The second-order valence-corrected chi connectivity index (χ2v) is 5.42. The van der Waals surface area contributed by atoms with E-state index in [4.69, 9.17) is 5.73 Å². The van der Waals surface area contributed by atoms with Crippen molar-refractivity contribution in [3.63, 3.8) is 0 Å². The van der Waals surface area contributed by atoms with Crippen molar-refractivity contribution in [2.75, 3.05) is 13.1 Å². The van der Waals surface area contributed by atoms with Gasteiger partial charge in [0.1, 0.15) is 0 Å². The Morgan fingerprint density at radius 1 is 1.47 bits per heavy atom. The van der Waals surface area contributed by atoms with Crippen LogP contribution < -0.4 is 5.73 Å². The van der Waals surface area contributed by atoms with Crippen LogP contribution in [0.3, 0.4) is 0 Å². The van der Waals surface area contributed by atoms with Gasteiger partial charge in [-0.2, -0.15) is 0 Å².